The molecule has 0 atom stereocenters. The molecule has 0 aromatic rings. The number of halogens is 3. The van der Waals surface area contributed by atoms with Crippen molar-refractivity contribution < 1.29 is 30.9 Å². The molecule has 0 aliphatic carbocycles. The van der Waals surface area contributed by atoms with Crippen LogP contribution in [0.25, 0.3) is 0 Å². The number of alkyl halides is 3. The lowest BCUT2D eigenvalue weighted by Crippen LogP contribution is -2.25. The Kier molecular flexibility index (Phi) is 7.99. The first kappa shape index (κ1) is 18.7. The highest BCUT2D eigenvalue weighted by atomic mass is 32.2. The topological polar surface area (TPSA) is 74.3 Å². The summed E-state index contributed by atoms with van der Waals surface area (Å²) in [6.07, 6.45) is 4.85. The van der Waals surface area contributed by atoms with Crippen molar-refractivity contribution in [2.75, 3.05) is 17.3 Å². The summed E-state index contributed by atoms with van der Waals surface area (Å²) in [4.78, 5) is 11.1. The first-order chi connectivity index (χ1) is 8.58. The van der Waals surface area contributed by atoms with Crippen LogP contribution >= 0.6 is 0 Å². The summed E-state index contributed by atoms with van der Waals surface area (Å²) >= 11 is 0. The van der Waals surface area contributed by atoms with E-state index in [1.165, 1.54) is 30.8 Å². The van der Waals surface area contributed by atoms with Crippen molar-refractivity contribution in [1.82, 2.24) is 0 Å². The maximum atomic E-state index is 11.1. The summed E-state index contributed by atoms with van der Waals surface area (Å²) < 4.78 is 58.9. The summed E-state index contributed by atoms with van der Waals surface area (Å²) in [5, 5.41) is 0. The van der Waals surface area contributed by atoms with Crippen LogP contribution in [0, 0.1) is 0 Å². The average molecular weight is 322 g/mol. The fourth-order valence-electron chi connectivity index (χ4n) is 1.37. The number of rotatable bonds is 3. The summed E-state index contributed by atoms with van der Waals surface area (Å²) in [5.41, 5.74) is -5.65. The van der Waals surface area contributed by atoms with Crippen LogP contribution in [0.15, 0.2) is 0 Å². The van der Waals surface area contributed by atoms with Gasteiger partial charge in [0, 0.05) is 6.42 Å². The highest BCUT2D eigenvalue weighted by molar-refractivity contribution is 7.97. The Morgan fingerprint density at radius 3 is 1.95 bits per heavy atom. The van der Waals surface area contributed by atoms with Crippen molar-refractivity contribution in [2.45, 2.75) is 38.1 Å². The van der Waals surface area contributed by atoms with Gasteiger partial charge in [0.25, 0.3) is 0 Å². The maximum Gasteiger partial charge on any atom is 0.485 e. The van der Waals surface area contributed by atoms with Gasteiger partial charge in [-0.2, -0.15) is 13.2 Å². The Labute approximate surface area is 113 Å². The van der Waals surface area contributed by atoms with Crippen LogP contribution in [-0.2, 0) is 25.8 Å². The molecular formula is C10H17F3O4S2. The molecule has 1 rings (SSSR count). The van der Waals surface area contributed by atoms with Gasteiger partial charge in [-0.3, -0.25) is 4.79 Å². The molecule has 0 aromatic heterocycles. The second-order valence-electron chi connectivity index (χ2n) is 4.02. The van der Waals surface area contributed by atoms with Gasteiger partial charge >= 0.3 is 5.51 Å². The average Bonchev–Trinajstić information content (AvgIpc) is 2.28. The maximum absolute atomic E-state index is 11.1. The molecule has 0 bridgehead atoms. The van der Waals surface area contributed by atoms with Crippen molar-refractivity contribution >= 4 is 26.8 Å². The molecular weight excluding hydrogens is 305 g/mol. The molecule has 0 amide bonds. The number of carbonyl (C=O) groups is 1. The second kappa shape index (κ2) is 8.11. The van der Waals surface area contributed by atoms with Gasteiger partial charge < -0.3 is 4.55 Å². The molecule has 9 heteroatoms. The first-order valence-corrected chi connectivity index (χ1v) is 8.90. The van der Waals surface area contributed by atoms with E-state index in [9.17, 15) is 18.0 Å². The summed E-state index contributed by atoms with van der Waals surface area (Å²) in [6, 6.07) is 0. The van der Waals surface area contributed by atoms with Gasteiger partial charge in [-0.15, -0.1) is 0 Å². The Morgan fingerprint density at radius 1 is 1.21 bits per heavy atom. The zero-order valence-corrected chi connectivity index (χ0v) is 12.2. The van der Waals surface area contributed by atoms with E-state index in [-0.39, 0.29) is 0 Å². The standard InChI is InChI=1S/C9H17OS.CHF3O3S/c1-2-9(10)8-11-6-4-3-5-7-11;2-1(3,4)8(5,6)7/h2-8H2,1H3;(H,5,6,7)/q+1;/p-1. The summed E-state index contributed by atoms with van der Waals surface area (Å²) in [5.74, 6) is 4.00. The van der Waals surface area contributed by atoms with E-state index in [2.05, 4.69) is 0 Å². The molecule has 0 N–H and O–H groups in total. The fourth-order valence-corrected chi connectivity index (χ4v) is 3.74. The lowest BCUT2D eigenvalue weighted by atomic mass is 10.3. The lowest BCUT2D eigenvalue weighted by molar-refractivity contribution is -0.116. The number of hydrogen-bond acceptors (Lipinski definition) is 4. The fraction of sp³-hybridized carbons (Fsp3) is 0.900. The highest BCUT2D eigenvalue weighted by Crippen LogP contribution is 2.20. The van der Waals surface area contributed by atoms with Crippen molar-refractivity contribution in [1.29, 1.82) is 0 Å². The van der Waals surface area contributed by atoms with Gasteiger partial charge in [-0.25, -0.2) is 8.42 Å². The van der Waals surface area contributed by atoms with Crippen molar-refractivity contribution in [3.8, 4) is 0 Å². The quantitative estimate of drug-likeness (QED) is 0.451. The molecule has 1 heterocycles. The van der Waals surface area contributed by atoms with E-state index in [0.29, 0.717) is 16.7 Å². The van der Waals surface area contributed by atoms with Gasteiger partial charge in [0.2, 0.25) is 0 Å². The molecule has 1 saturated heterocycles. The van der Waals surface area contributed by atoms with Gasteiger partial charge in [0.1, 0.15) is 11.5 Å². The minimum atomic E-state index is -6.09. The molecule has 1 aliphatic rings. The van der Waals surface area contributed by atoms with E-state index in [1.54, 1.807) is 0 Å². The van der Waals surface area contributed by atoms with E-state index in [0.717, 1.165) is 12.2 Å². The molecule has 0 unspecified atom stereocenters. The first-order valence-electron chi connectivity index (χ1n) is 5.76. The molecule has 19 heavy (non-hydrogen) atoms. The minimum absolute atomic E-state index is 0.468. The zero-order valence-electron chi connectivity index (χ0n) is 10.5. The van der Waals surface area contributed by atoms with Gasteiger partial charge in [0.15, 0.2) is 21.7 Å². The molecule has 0 saturated carbocycles. The smallest absolute Gasteiger partial charge is 0.485 e. The third-order valence-corrected chi connectivity index (χ3v) is 5.44. The lowest BCUT2D eigenvalue weighted by Gasteiger charge is -2.12. The third-order valence-electron chi connectivity index (χ3n) is 2.41. The van der Waals surface area contributed by atoms with Crippen molar-refractivity contribution in [2.24, 2.45) is 0 Å². The SMILES string of the molecule is CCC(=O)C[S+]1CCCCC1.O=S(=O)([O-])C(F)(F)F. The molecule has 1 fully saturated rings. The largest absolute Gasteiger partial charge is 0.741 e. The van der Waals surface area contributed by atoms with Crippen molar-refractivity contribution in [3.63, 3.8) is 0 Å². The molecule has 4 nitrogen and oxygen atoms in total. The predicted molar refractivity (Wildman–Crippen MR) is 66.9 cm³/mol. The van der Waals surface area contributed by atoms with Crippen LogP contribution in [-0.4, -0.2) is 41.5 Å². The predicted octanol–water partition coefficient (Wildman–Crippen LogP) is 1.82. The number of hydrogen-bond donors (Lipinski definition) is 0. The monoisotopic (exact) mass is 322 g/mol. The number of Topliss-reactive ketones (excluding diaryl/α,β-unsaturated/α-hetero) is 1. The summed E-state index contributed by atoms with van der Waals surface area (Å²) in [7, 11) is -5.61. The highest BCUT2D eigenvalue weighted by Gasteiger charge is 2.36. The van der Waals surface area contributed by atoms with Crippen LogP contribution in [0.2, 0.25) is 0 Å². The zero-order chi connectivity index (χ0) is 15.1. The van der Waals surface area contributed by atoms with Gasteiger partial charge in [0.05, 0.1) is 0 Å². The molecule has 114 valence electrons. The molecule has 0 aromatic carbocycles. The van der Waals surface area contributed by atoms with Crippen LogP contribution in [0.3, 0.4) is 0 Å². The van der Waals surface area contributed by atoms with Gasteiger partial charge in [-0.1, -0.05) is 6.92 Å². The van der Waals surface area contributed by atoms with Crippen LogP contribution in [0.5, 0.6) is 0 Å². The van der Waals surface area contributed by atoms with Crippen LogP contribution in [0.4, 0.5) is 13.2 Å². The van der Waals surface area contributed by atoms with Crippen molar-refractivity contribution in [3.05, 3.63) is 0 Å². The van der Waals surface area contributed by atoms with E-state index in [4.69, 9.17) is 13.0 Å². The Bertz CT molecular complexity index is 373. The number of ketones is 1. The Morgan fingerprint density at radius 2 is 1.63 bits per heavy atom. The third kappa shape index (κ3) is 8.48. The van der Waals surface area contributed by atoms with Crippen LogP contribution < -0.4 is 0 Å². The molecule has 0 spiro atoms. The van der Waals surface area contributed by atoms with Crippen LogP contribution in [0.1, 0.15) is 32.6 Å². The molecule has 0 radical (unpaired) electrons. The van der Waals surface area contributed by atoms with E-state index >= 15 is 0 Å². The van der Waals surface area contributed by atoms with Gasteiger partial charge in [-0.05, 0) is 30.2 Å². The second-order valence-corrected chi connectivity index (χ2v) is 7.72. The molecule has 1 aliphatic heterocycles. The number of carbonyl (C=O) groups excluding carboxylic acids is 1. The normalized spacial score (nSPS) is 17.5. The van der Waals surface area contributed by atoms with E-state index < -0.39 is 15.6 Å². The Hall–Kier alpha value is -0.280. The summed E-state index contributed by atoms with van der Waals surface area (Å²) in [6.45, 7) is 1.97. The minimum Gasteiger partial charge on any atom is -0.741 e. The van der Waals surface area contributed by atoms with E-state index in [1.807, 2.05) is 6.92 Å². The Balaban J connectivity index is 0.000000362.